The van der Waals surface area contributed by atoms with Crippen LogP contribution in [0.3, 0.4) is 0 Å². The molecule has 0 aliphatic heterocycles. The van der Waals surface area contributed by atoms with E-state index in [0.717, 1.165) is 5.56 Å². The highest BCUT2D eigenvalue weighted by Crippen LogP contribution is 2.26. The monoisotopic (exact) mass is 191 g/mol. The van der Waals surface area contributed by atoms with Gasteiger partial charge in [-0.15, -0.1) is 0 Å². The zero-order valence-corrected chi connectivity index (χ0v) is 8.91. The summed E-state index contributed by atoms with van der Waals surface area (Å²) in [5.74, 6) is 0.364. The Morgan fingerprint density at radius 1 is 1.50 bits per heavy atom. The van der Waals surface area contributed by atoms with E-state index in [1.54, 1.807) is 0 Å². The highest BCUT2D eigenvalue weighted by atomic mass is 14.9. The lowest BCUT2D eigenvalue weighted by molar-refractivity contribution is 0.363. The number of aromatic nitrogens is 1. The molecule has 0 radical (unpaired) electrons. The minimum absolute atomic E-state index is 0.01000. The maximum Gasteiger partial charge on any atom is 0.0681 e. The van der Waals surface area contributed by atoms with Crippen LogP contribution in [0.2, 0.25) is 0 Å². The van der Waals surface area contributed by atoms with E-state index in [-0.39, 0.29) is 12.0 Å². The quantitative estimate of drug-likeness (QED) is 0.765. The summed E-state index contributed by atoms with van der Waals surface area (Å²) in [4.78, 5) is 3.01. The second-order valence-electron chi connectivity index (χ2n) is 3.81. The Morgan fingerprint density at radius 3 is 2.57 bits per heavy atom. The SMILES string of the molecule is CNC(c1cc[nH]c1)C(C#N)C(C)C. The lowest BCUT2D eigenvalue weighted by atomic mass is 9.87. The van der Waals surface area contributed by atoms with Gasteiger partial charge in [0.2, 0.25) is 0 Å². The third kappa shape index (κ3) is 2.15. The molecule has 1 aromatic rings. The van der Waals surface area contributed by atoms with Gasteiger partial charge < -0.3 is 10.3 Å². The molecule has 3 nitrogen and oxygen atoms in total. The number of nitriles is 1. The molecule has 1 rings (SSSR count). The molecule has 0 aliphatic rings. The number of nitrogens with one attached hydrogen (secondary N) is 2. The molecule has 2 atom stereocenters. The molecule has 1 aromatic heterocycles. The second-order valence-corrected chi connectivity index (χ2v) is 3.81. The summed E-state index contributed by atoms with van der Waals surface area (Å²) in [5.41, 5.74) is 1.15. The van der Waals surface area contributed by atoms with Crippen molar-refractivity contribution >= 4 is 0 Å². The molecule has 0 fully saturated rings. The standard InChI is InChI=1S/C11H17N3/c1-8(2)10(6-12)11(13-3)9-4-5-14-7-9/h4-5,7-8,10-11,13-14H,1-3H3. The fourth-order valence-corrected chi connectivity index (χ4v) is 1.69. The van der Waals surface area contributed by atoms with E-state index in [4.69, 9.17) is 5.26 Å². The highest BCUT2D eigenvalue weighted by molar-refractivity contribution is 5.17. The van der Waals surface area contributed by atoms with Crippen LogP contribution in [0.25, 0.3) is 0 Å². The molecule has 0 saturated heterocycles. The predicted molar refractivity (Wildman–Crippen MR) is 56.5 cm³/mol. The Morgan fingerprint density at radius 2 is 2.21 bits per heavy atom. The van der Waals surface area contributed by atoms with Crippen LogP contribution in [0.1, 0.15) is 25.5 Å². The summed E-state index contributed by atoms with van der Waals surface area (Å²) in [6.07, 6.45) is 3.82. The van der Waals surface area contributed by atoms with E-state index >= 15 is 0 Å². The summed E-state index contributed by atoms with van der Waals surface area (Å²) in [6, 6.07) is 4.49. The average Bonchev–Trinajstić information content (AvgIpc) is 2.65. The van der Waals surface area contributed by atoms with Crippen molar-refractivity contribution in [3.63, 3.8) is 0 Å². The van der Waals surface area contributed by atoms with E-state index < -0.39 is 0 Å². The number of rotatable bonds is 4. The van der Waals surface area contributed by atoms with Crippen molar-refractivity contribution in [2.75, 3.05) is 7.05 Å². The third-order valence-corrected chi connectivity index (χ3v) is 2.52. The lowest BCUT2D eigenvalue weighted by Gasteiger charge is -2.23. The first-order valence-corrected chi connectivity index (χ1v) is 4.90. The van der Waals surface area contributed by atoms with Gasteiger partial charge in [0.25, 0.3) is 0 Å². The second kappa shape index (κ2) is 4.83. The Bertz CT molecular complexity index is 295. The molecule has 0 spiro atoms. The van der Waals surface area contributed by atoms with Crippen LogP contribution in [-0.2, 0) is 0 Å². The van der Waals surface area contributed by atoms with Crippen molar-refractivity contribution in [2.24, 2.45) is 11.8 Å². The molecule has 2 unspecified atom stereocenters. The lowest BCUT2D eigenvalue weighted by Crippen LogP contribution is -2.27. The Hall–Kier alpha value is -1.27. The van der Waals surface area contributed by atoms with Crippen LogP contribution in [0.4, 0.5) is 0 Å². The van der Waals surface area contributed by atoms with E-state index in [1.165, 1.54) is 0 Å². The minimum atomic E-state index is 0.01000. The van der Waals surface area contributed by atoms with Gasteiger partial charge in [0, 0.05) is 18.4 Å². The van der Waals surface area contributed by atoms with Crippen LogP contribution in [-0.4, -0.2) is 12.0 Å². The smallest absolute Gasteiger partial charge is 0.0681 e. The van der Waals surface area contributed by atoms with Crippen LogP contribution in [0.5, 0.6) is 0 Å². The van der Waals surface area contributed by atoms with Gasteiger partial charge in [-0.1, -0.05) is 13.8 Å². The normalized spacial score (nSPS) is 15.1. The predicted octanol–water partition coefficient (Wildman–Crippen LogP) is 2.07. The molecule has 0 saturated carbocycles. The summed E-state index contributed by atoms with van der Waals surface area (Å²) in [5, 5.41) is 12.3. The van der Waals surface area contributed by atoms with Crippen LogP contribution in [0.15, 0.2) is 18.5 Å². The molecule has 3 heteroatoms. The van der Waals surface area contributed by atoms with E-state index in [2.05, 4.69) is 30.2 Å². The number of H-pyrrole nitrogens is 1. The fourth-order valence-electron chi connectivity index (χ4n) is 1.69. The van der Waals surface area contributed by atoms with Crippen molar-refractivity contribution in [2.45, 2.75) is 19.9 Å². The van der Waals surface area contributed by atoms with Gasteiger partial charge in [-0.3, -0.25) is 0 Å². The van der Waals surface area contributed by atoms with Gasteiger partial charge in [0.05, 0.1) is 12.0 Å². The Balaban J connectivity index is 2.86. The zero-order valence-electron chi connectivity index (χ0n) is 8.91. The summed E-state index contributed by atoms with van der Waals surface area (Å²) in [6.45, 7) is 4.15. The maximum absolute atomic E-state index is 9.10. The van der Waals surface area contributed by atoms with Crippen LogP contribution >= 0.6 is 0 Å². The zero-order chi connectivity index (χ0) is 10.6. The van der Waals surface area contributed by atoms with Crippen molar-refractivity contribution in [1.82, 2.24) is 10.3 Å². The molecule has 1 heterocycles. The van der Waals surface area contributed by atoms with E-state index in [1.807, 2.05) is 25.5 Å². The number of nitrogens with zero attached hydrogens (tertiary/aromatic N) is 1. The van der Waals surface area contributed by atoms with Gasteiger partial charge in [-0.25, -0.2) is 0 Å². The molecule has 76 valence electrons. The van der Waals surface area contributed by atoms with Gasteiger partial charge in [-0.05, 0) is 24.6 Å². The van der Waals surface area contributed by atoms with Crippen molar-refractivity contribution in [3.8, 4) is 6.07 Å². The summed E-state index contributed by atoms with van der Waals surface area (Å²) < 4.78 is 0. The first kappa shape index (κ1) is 10.8. The van der Waals surface area contributed by atoms with Gasteiger partial charge in [-0.2, -0.15) is 5.26 Å². The molecule has 14 heavy (non-hydrogen) atoms. The first-order chi connectivity index (χ1) is 6.70. The van der Waals surface area contributed by atoms with Crippen LogP contribution in [0, 0.1) is 23.2 Å². The van der Waals surface area contributed by atoms with E-state index in [9.17, 15) is 0 Å². The molecule has 0 aliphatic carbocycles. The molecular weight excluding hydrogens is 174 g/mol. The first-order valence-electron chi connectivity index (χ1n) is 4.90. The van der Waals surface area contributed by atoms with Crippen molar-refractivity contribution in [1.29, 1.82) is 5.26 Å². The van der Waals surface area contributed by atoms with Crippen molar-refractivity contribution in [3.05, 3.63) is 24.0 Å². The topological polar surface area (TPSA) is 51.6 Å². The Kier molecular flexibility index (Phi) is 3.73. The average molecular weight is 191 g/mol. The molecule has 0 aromatic carbocycles. The number of hydrogen-bond donors (Lipinski definition) is 2. The summed E-state index contributed by atoms with van der Waals surface area (Å²) >= 11 is 0. The maximum atomic E-state index is 9.10. The third-order valence-electron chi connectivity index (χ3n) is 2.52. The van der Waals surface area contributed by atoms with Crippen LogP contribution < -0.4 is 5.32 Å². The largest absolute Gasteiger partial charge is 0.367 e. The van der Waals surface area contributed by atoms with Gasteiger partial charge in [0.15, 0.2) is 0 Å². The minimum Gasteiger partial charge on any atom is -0.367 e. The van der Waals surface area contributed by atoms with E-state index in [0.29, 0.717) is 5.92 Å². The number of aromatic amines is 1. The fraction of sp³-hybridized carbons (Fsp3) is 0.545. The highest BCUT2D eigenvalue weighted by Gasteiger charge is 2.24. The van der Waals surface area contributed by atoms with Gasteiger partial charge >= 0.3 is 0 Å². The molecule has 0 amide bonds. The molecule has 0 bridgehead atoms. The molecule has 2 N–H and O–H groups in total. The van der Waals surface area contributed by atoms with Gasteiger partial charge in [0.1, 0.15) is 0 Å². The molecular formula is C11H17N3. The summed E-state index contributed by atoms with van der Waals surface area (Å²) in [7, 11) is 1.89. The number of hydrogen-bond acceptors (Lipinski definition) is 2. The Labute approximate surface area is 85.1 Å². The van der Waals surface area contributed by atoms with Crippen molar-refractivity contribution < 1.29 is 0 Å².